The molecule has 0 aliphatic carbocycles. The van der Waals surface area contributed by atoms with Gasteiger partial charge in [0.1, 0.15) is 11.0 Å². The van der Waals surface area contributed by atoms with Crippen LogP contribution in [-0.4, -0.2) is 52.4 Å². The topological polar surface area (TPSA) is 73.9 Å². The lowest BCUT2D eigenvalue weighted by Crippen LogP contribution is -2.31. The summed E-state index contributed by atoms with van der Waals surface area (Å²) in [6.07, 6.45) is 1.16. The second-order valence-corrected chi connectivity index (χ2v) is 6.55. The first-order chi connectivity index (χ1) is 10.6. The normalized spacial score (nSPS) is 19.1. The predicted octanol–water partition coefficient (Wildman–Crippen LogP) is 1.67. The van der Waals surface area contributed by atoms with Gasteiger partial charge in [-0.25, -0.2) is 0 Å². The molecule has 118 valence electrons. The number of benzene rings is 1. The lowest BCUT2D eigenvalue weighted by atomic mass is 10.1. The molecule has 0 bridgehead atoms. The van der Waals surface area contributed by atoms with Gasteiger partial charge in [-0.05, 0) is 43.0 Å². The molecule has 1 aliphatic heterocycles. The number of carbonyl (C=O) groups is 1. The quantitative estimate of drug-likeness (QED) is 0.881. The molecule has 1 amide bonds. The summed E-state index contributed by atoms with van der Waals surface area (Å²) in [5.41, 5.74) is 2.13. The van der Waals surface area contributed by atoms with Crippen LogP contribution in [0.1, 0.15) is 30.6 Å². The number of nitrogens with zero attached hydrogens (tertiary/aromatic N) is 3. The number of hydrogen-bond acceptors (Lipinski definition) is 4. The van der Waals surface area contributed by atoms with Gasteiger partial charge in [0.15, 0.2) is 0 Å². The van der Waals surface area contributed by atoms with E-state index in [0.29, 0.717) is 17.4 Å². The van der Waals surface area contributed by atoms with Crippen molar-refractivity contribution in [1.82, 2.24) is 25.6 Å². The minimum Gasteiger partial charge on any atom is -0.352 e. The van der Waals surface area contributed by atoms with Crippen LogP contribution in [-0.2, 0) is 0 Å². The van der Waals surface area contributed by atoms with Crippen LogP contribution in [0.3, 0.4) is 0 Å². The van der Waals surface area contributed by atoms with Crippen LogP contribution in [0, 0.1) is 11.8 Å². The van der Waals surface area contributed by atoms with Crippen molar-refractivity contribution >= 4 is 16.9 Å². The van der Waals surface area contributed by atoms with Crippen molar-refractivity contribution in [1.29, 1.82) is 0 Å². The third kappa shape index (κ3) is 3.44. The SMILES string of the molecule is CC(C)CN1CCC(CNC(=O)c2ccc3n[nH]nc3c2)C1. The number of rotatable bonds is 5. The van der Waals surface area contributed by atoms with Gasteiger partial charge < -0.3 is 10.2 Å². The first kappa shape index (κ1) is 15.0. The molecular weight excluding hydrogens is 278 g/mol. The van der Waals surface area contributed by atoms with E-state index >= 15 is 0 Å². The molecule has 1 aliphatic rings. The van der Waals surface area contributed by atoms with E-state index in [0.717, 1.165) is 43.6 Å². The van der Waals surface area contributed by atoms with E-state index in [2.05, 4.69) is 39.5 Å². The molecule has 0 spiro atoms. The fourth-order valence-electron chi connectivity index (χ4n) is 3.08. The zero-order valence-corrected chi connectivity index (χ0v) is 13.2. The van der Waals surface area contributed by atoms with Crippen molar-refractivity contribution in [2.75, 3.05) is 26.2 Å². The van der Waals surface area contributed by atoms with Crippen molar-refractivity contribution in [3.63, 3.8) is 0 Å². The molecule has 1 fully saturated rings. The Kier molecular flexibility index (Phi) is 4.38. The molecule has 1 aromatic heterocycles. The Bertz CT molecular complexity index is 651. The molecule has 1 saturated heterocycles. The van der Waals surface area contributed by atoms with Gasteiger partial charge in [-0.15, -0.1) is 0 Å². The maximum absolute atomic E-state index is 12.2. The second kappa shape index (κ2) is 6.44. The highest BCUT2D eigenvalue weighted by molar-refractivity contribution is 5.97. The van der Waals surface area contributed by atoms with Crippen LogP contribution in [0.4, 0.5) is 0 Å². The molecule has 0 radical (unpaired) electrons. The minimum absolute atomic E-state index is 0.0350. The largest absolute Gasteiger partial charge is 0.352 e. The Morgan fingerprint density at radius 1 is 1.41 bits per heavy atom. The van der Waals surface area contributed by atoms with Gasteiger partial charge >= 0.3 is 0 Å². The molecule has 6 nitrogen and oxygen atoms in total. The summed E-state index contributed by atoms with van der Waals surface area (Å²) in [7, 11) is 0. The number of hydrogen-bond donors (Lipinski definition) is 2. The Morgan fingerprint density at radius 2 is 2.23 bits per heavy atom. The molecule has 3 rings (SSSR count). The van der Waals surface area contributed by atoms with Gasteiger partial charge in [0.05, 0.1) is 0 Å². The minimum atomic E-state index is -0.0350. The maximum Gasteiger partial charge on any atom is 0.251 e. The fourth-order valence-corrected chi connectivity index (χ4v) is 3.08. The number of H-pyrrole nitrogens is 1. The average Bonchev–Trinajstić information content (AvgIpc) is 3.12. The van der Waals surface area contributed by atoms with Crippen molar-refractivity contribution < 1.29 is 4.79 Å². The number of likely N-dealkylation sites (tertiary alicyclic amines) is 1. The van der Waals surface area contributed by atoms with Crippen molar-refractivity contribution in [2.45, 2.75) is 20.3 Å². The number of aromatic amines is 1. The summed E-state index contributed by atoms with van der Waals surface area (Å²) >= 11 is 0. The van der Waals surface area contributed by atoms with Crippen LogP contribution in [0.15, 0.2) is 18.2 Å². The van der Waals surface area contributed by atoms with Crippen LogP contribution in [0.2, 0.25) is 0 Å². The van der Waals surface area contributed by atoms with Crippen molar-refractivity contribution in [3.05, 3.63) is 23.8 Å². The first-order valence-electron chi connectivity index (χ1n) is 7.93. The number of amides is 1. The molecule has 22 heavy (non-hydrogen) atoms. The van der Waals surface area contributed by atoms with Crippen LogP contribution in [0.25, 0.3) is 11.0 Å². The van der Waals surface area contributed by atoms with E-state index in [4.69, 9.17) is 0 Å². The van der Waals surface area contributed by atoms with E-state index in [1.165, 1.54) is 0 Å². The van der Waals surface area contributed by atoms with Crippen LogP contribution >= 0.6 is 0 Å². The highest BCUT2D eigenvalue weighted by Crippen LogP contribution is 2.17. The summed E-state index contributed by atoms with van der Waals surface area (Å²) in [5, 5.41) is 13.6. The highest BCUT2D eigenvalue weighted by Gasteiger charge is 2.23. The molecular formula is C16H23N5O. The van der Waals surface area contributed by atoms with E-state index in [1.807, 2.05) is 6.07 Å². The standard InChI is InChI=1S/C16H23N5O/c1-11(2)9-21-6-5-12(10-21)8-17-16(22)13-3-4-14-15(7-13)19-20-18-14/h3-4,7,11-12H,5-6,8-10H2,1-2H3,(H,17,22)(H,18,19,20). The van der Waals surface area contributed by atoms with E-state index < -0.39 is 0 Å². The average molecular weight is 301 g/mol. The zero-order valence-electron chi connectivity index (χ0n) is 13.2. The summed E-state index contributed by atoms with van der Waals surface area (Å²) in [6.45, 7) is 8.60. The van der Waals surface area contributed by atoms with E-state index in [9.17, 15) is 4.79 Å². The lowest BCUT2D eigenvalue weighted by molar-refractivity contribution is 0.0947. The number of aromatic nitrogens is 3. The third-order valence-electron chi connectivity index (χ3n) is 4.12. The molecule has 1 unspecified atom stereocenters. The summed E-state index contributed by atoms with van der Waals surface area (Å²) in [4.78, 5) is 14.7. The number of carbonyl (C=O) groups excluding carboxylic acids is 1. The van der Waals surface area contributed by atoms with Gasteiger partial charge in [-0.3, -0.25) is 4.79 Å². The van der Waals surface area contributed by atoms with E-state index in [1.54, 1.807) is 12.1 Å². The molecule has 0 saturated carbocycles. The highest BCUT2D eigenvalue weighted by atomic mass is 16.1. The van der Waals surface area contributed by atoms with Gasteiger partial charge in [0, 0.05) is 25.2 Å². The second-order valence-electron chi connectivity index (χ2n) is 6.55. The third-order valence-corrected chi connectivity index (χ3v) is 4.12. The zero-order chi connectivity index (χ0) is 15.5. The Labute approximate surface area is 130 Å². The van der Waals surface area contributed by atoms with Crippen molar-refractivity contribution in [3.8, 4) is 0 Å². The molecule has 1 atom stereocenters. The lowest BCUT2D eigenvalue weighted by Gasteiger charge is -2.18. The molecule has 2 heterocycles. The number of fused-ring (bicyclic) bond motifs is 1. The summed E-state index contributed by atoms with van der Waals surface area (Å²) in [5.74, 6) is 1.22. The Balaban J connectivity index is 1.52. The molecule has 2 N–H and O–H groups in total. The van der Waals surface area contributed by atoms with Crippen LogP contribution < -0.4 is 5.32 Å². The van der Waals surface area contributed by atoms with Gasteiger partial charge in [-0.2, -0.15) is 15.4 Å². The Morgan fingerprint density at radius 3 is 3.05 bits per heavy atom. The molecule has 1 aromatic carbocycles. The first-order valence-corrected chi connectivity index (χ1v) is 7.93. The van der Waals surface area contributed by atoms with Crippen LogP contribution in [0.5, 0.6) is 0 Å². The molecule has 6 heteroatoms. The molecule has 2 aromatic rings. The number of nitrogens with one attached hydrogen (secondary N) is 2. The van der Waals surface area contributed by atoms with Gasteiger partial charge in [0.25, 0.3) is 5.91 Å². The van der Waals surface area contributed by atoms with Crippen molar-refractivity contribution in [2.24, 2.45) is 11.8 Å². The van der Waals surface area contributed by atoms with Gasteiger partial charge in [0.2, 0.25) is 0 Å². The van der Waals surface area contributed by atoms with E-state index in [-0.39, 0.29) is 5.91 Å². The van der Waals surface area contributed by atoms with Gasteiger partial charge in [-0.1, -0.05) is 13.8 Å². The predicted molar refractivity (Wildman–Crippen MR) is 85.6 cm³/mol. The summed E-state index contributed by atoms with van der Waals surface area (Å²) < 4.78 is 0. The fraction of sp³-hybridized carbons (Fsp3) is 0.562. The summed E-state index contributed by atoms with van der Waals surface area (Å²) in [6, 6.07) is 5.38. The maximum atomic E-state index is 12.2. The smallest absolute Gasteiger partial charge is 0.251 e. The Hall–Kier alpha value is -1.95. The monoisotopic (exact) mass is 301 g/mol.